The van der Waals surface area contributed by atoms with Crippen molar-refractivity contribution in [2.24, 2.45) is 0 Å². The van der Waals surface area contributed by atoms with E-state index in [9.17, 15) is 4.79 Å². The Kier molecular flexibility index (Phi) is 3.20. The number of rotatable bonds is 2. The Hall–Kier alpha value is -2.69. The number of anilines is 1. The second-order valence-corrected chi connectivity index (χ2v) is 6.53. The standard InChI is InChI=1S/C19H20N2O3/c1-12-7-9-13(10-8-12)21-18(22)20-15-11-19(21,2)24-17-14(15)5-4-6-16(17)23-3/h4-10,15H,11H2,1-3H3,(H,20,22)/t15-,19-/m0/s1. The summed E-state index contributed by atoms with van der Waals surface area (Å²) in [5.74, 6) is 1.39. The zero-order valence-electron chi connectivity index (χ0n) is 14.0. The van der Waals surface area contributed by atoms with Crippen molar-refractivity contribution in [3.05, 3.63) is 53.6 Å². The number of nitrogens with zero attached hydrogens (tertiary/aromatic N) is 1. The molecule has 0 aromatic heterocycles. The number of nitrogens with one attached hydrogen (secondary N) is 1. The van der Waals surface area contributed by atoms with Crippen LogP contribution in [0.5, 0.6) is 11.5 Å². The number of amides is 2. The van der Waals surface area contributed by atoms with Crippen LogP contribution in [-0.4, -0.2) is 18.9 Å². The van der Waals surface area contributed by atoms with Crippen LogP contribution in [0, 0.1) is 6.92 Å². The SMILES string of the molecule is COc1cccc2c1O[C@@]1(C)C[C@@H]2NC(=O)N1c1ccc(C)cc1. The third kappa shape index (κ3) is 2.12. The van der Waals surface area contributed by atoms with E-state index in [1.165, 1.54) is 0 Å². The molecular formula is C19H20N2O3. The van der Waals surface area contributed by atoms with Gasteiger partial charge in [-0.3, -0.25) is 4.90 Å². The van der Waals surface area contributed by atoms with E-state index in [0.717, 1.165) is 16.8 Å². The third-order valence-corrected chi connectivity index (χ3v) is 4.78. The highest BCUT2D eigenvalue weighted by Crippen LogP contribution is 2.48. The van der Waals surface area contributed by atoms with Crippen molar-refractivity contribution in [3.63, 3.8) is 0 Å². The lowest BCUT2D eigenvalue weighted by atomic mass is 9.90. The van der Waals surface area contributed by atoms with Gasteiger partial charge in [0.25, 0.3) is 0 Å². The molecule has 2 aromatic rings. The van der Waals surface area contributed by atoms with Gasteiger partial charge in [0.15, 0.2) is 17.2 Å². The molecule has 0 saturated carbocycles. The summed E-state index contributed by atoms with van der Waals surface area (Å²) in [4.78, 5) is 14.5. The minimum Gasteiger partial charge on any atom is -0.493 e. The van der Waals surface area contributed by atoms with Gasteiger partial charge in [0.1, 0.15) is 0 Å². The van der Waals surface area contributed by atoms with E-state index < -0.39 is 5.72 Å². The highest BCUT2D eigenvalue weighted by atomic mass is 16.5. The average Bonchev–Trinajstić information content (AvgIpc) is 2.55. The number of aryl methyl sites for hydroxylation is 1. The van der Waals surface area contributed by atoms with E-state index in [0.29, 0.717) is 17.9 Å². The van der Waals surface area contributed by atoms with Crippen LogP contribution in [-0.2, 0) is 0 Å². The van der Waals surface area contributed by atoms with Crippen LogP contribution in [0.25, 0.3) is 0 Å². The van der Waals surface area contributed by atoms with Crippen LogP contribution in [0.4, 0.5) is 10.5 Å². The fourth-order valence-electron chi connectivity index (χ4n) is 3.61. The van der Waals surface area contributed by atoms with E-state index >= 15 is 0 Å². The molecule has 0 aliphatic carbocycles. The number of carbonyl (C=O) groups is 1. The number of fused-ring (bicyclic) bond motifs is 4. The first-order chi connectivity index (χ1) is 11.5. The molecule has 2 bridgehead atoms. The summed E-state index contributed by atoms with van der Waals surface area (Å²) in [7, 11) is 1.63. The molecular weight excluding hydrogens is 304 g/mol. The Bertz CT molecular complexity index is 803. The molecule has 1 N–H and O–H groups in total. The third-order valence-electron chi connectivity index (χ3n) is 4.78. The highest BCUT2D eigenvalue weighted by Gasteiger charge is 2.50. The normalized spacial score (nSPS) is 24.7. The summed E-state index contributed by atoms with van der Waals surface area (Å²) in [6.07, 6.45) is 0.673. The molecule has 1 fully saturated rings. The topological polar surface area (TPSA) is 50.8 Å². The summed E-state index contributed by atoms with van der Waals surface area (Å²) in [6.45, 7) is 3.98. The first-order valence-corrected chi connectivity index (χ1v) is 8.05. The number of ether oxygens (including phenoxy) is 2. The van der Waals surface area contributed by atoms with Crippen molar-refractivity contribution in [1.82, 2.24) is 5.32 Å². The van der Waals surface area contributed by atoms with Crippen molar-refractivity contribution >= 4 is 11.7 Å². The first-order valence-electron chi connectivity index (χ1n) is 8.05. The quantitative estimate of drug-likeness (QED) is 0.915. The van der Waals surface area contributed by atoms with Gasteiger partial charge in [-0.1, -0.05) is 29.8 Å². The van der Waals surface area contributed by atoms with Crippen molar-refractivity contribution < 1.29 is 14.3 Å². The number of methoxy groups -OCH3 is 1. The number of hydrogen-bond donors (Lipinski definition) is 1. The Morgan fingerprint density at radius 3 is 2.71 bits per heavy atom. The van der Waals surface area contributed by atoms with Gasteiger partial charge in [-0.2, -0.15) is 0 Å². The summed E-state index contributed by atoms with van der Waals surface area (Å²) in [6, 6.07) is 13.4. The second-order valence-electron chi connectivity index (χ2n) is 6.53. The minimum atomic E-state index is -0.760. The molecule has 5 nitrogen and oxygen atoms in total. The molecule has 0 radical (unpaired) electrons. The van der Waals surface area contributed by atoms with Crippen molar-refractivity contribution in [2.45, 2.75) is 32.0 Å². The average molecular weight is 324 g/mol. The summed E-state index contributed by atoms with van der Waals surface area (Å²) in [5.41, 5.74) is 2.17. The van der Waals surface area contributed by atoms with Gasteiger partial charge in [0.05, 0.1) is 13.2 Å². The van der Waals surface area contributed by atoms with Crippen LogP contribution in [0.15, 0.2) is 42.5 Å². The van der Waals surface area contributed by atoms with E-state index in [2.05, 4.69) is 5.32 Å². The maximum atomic E-state index is 12.8. The smallest absolute Gasteiger partial charge is 0.325 e. The van der Waals surface area contributed by atoms with Crippen LogP contribution < -0.4 is 19.7 Å². The zero-order chi connectivity index (χ0) is 16.9. The molecule has 2 heterocycles. The molecule has 2 aliphatic rings. The summed E-state index contributed by atoms with van der Waals surface area (Å²) in [5, 5.41) is 3.10. The maximum Gasteiger partial charge on any atom is 0.325 e. The van der Waals surface area contributed by atoms with E-state index in [-0.39, 0.29) is 12.1 Å². The number of para-hydroxylation sites is 1. The molecule has 24 heavy (non-hydrogen) atoms. The molecule has 0 spiro atoms. The van der Waals surface area contributed by atoms with E-state index in [4.69, 9.17) is 9.47 Å². The molecule has 2 aliphatic heterocycles. The molecule has 5 heteroatoms. The Morgan fingerprint density at radius 1 is 1.25 bits per heavy atom. The second kappa shape index (κ2) is 5.16. The van der Waals surface area contributed by atoms with E-state index in [1.54, 1.807) is 12.0 Å². The first kappa shape index (κ1) is 14.9. The van der Waals surface area contributed by atoms with E-state index in [1.807, 2.05) is 56.3 Å². The fraction of sp³-hybridized carbons (Fsp3) is 0.316. The molecule has 124 valence electrons. The fourth-order valence-corrected chi connectivity index (χ4v) is 3.61. The van der Waals surface area contributed by atoms with Crippen LogP contribution in [0.2, 0.25) is 0 Å². The summed E-state index contributed by atoms with van der Waals surface area (Å²) < 4.78 is 11.8. The molecule has 4 rings (SSSR count). The van der Waals surface area contributed by atoms with Gasteiger partial charge in [-0.05, 0) is 32.0 Å². The van der Waals surface area contributed by atoms with Gasteiger partial charge in [0.2, 0.25) is 0 Å². The van der Waals surface area contributed by atoms with Crippen LogP contribution in [0.3, 0.4) is 0 Å². The van der Waals surface area contributed by atoms with Gasteiger partial charge in [0, 0.05) is 17.7 Å². The molecule has 1 saturated heterocycles. The molecule has 0 unspecified atom stereocenters. The van der Waals surface area contributed by atoms with Gasteiger partial charge in [-0.25, -0.2) is 4.79 Å². The van der Waals surface area contributed by atoms with Gasteiger partial charge in [-0.15, -0.1) is 0 Å². The monoisotopic (exact) mass is 324 g/mol. The highest BCUT2D eigenvalue weighted by molar-refractivity contribution is 5.95. The number of carbonyl (C=O) groups excluding carboxylic acids is 1. The van der Waals surface area contributed by atoms with Crippen molar-refractivity contribution in [1.29, 1.82) is 0 Å². The minimum absolute atomic E-state index is 0.0805. The molecule has 2 amide bonds. The van der Waals surface area contributed by atoms with Gasteiger partial charge < -0.3 is 14.8 Å². The summed E-state index contributed by atoms with van der Waals surface area (Å²) >= 11 is 0. The Balaban J connectivity index is 1.81. The van der Waals surface area contributed by atoms with Gasteiger partial charge >= 0.3 is 6.03 Å². The van der Waals surface area contributed by atoms with Crippen molar-refractivity contribution in [2.75, 3.05) is 12.0 Å². The Labute approximate surface area is 141 Å². The predicted octanol–water partition coefficient (Wildman–Crippen LogP) is 3.77. The molecule has 2 aromatic carbocycles. The number of benzene rings is 2. The largest absolute Gasteiger partial charge is 0.493 e. The van der Waals surface area contributed by atoms with Crippen LogP contribution >= 0.6 is 0 Å². The number of urea groups is 1. The molecule has 2 atom stereocenters. The van der Waals surface area contributed by atoms with Crippen molar-refractivity contribution in [3.8, 4) is 11.5 Å². The predicted molar refractivity (Wildman–Crippen MR) is 91.6 cm³/mol. The lowest BCUT2D eigenvalue weighted by molar-refractivity contribution is 0.0349. The number of hydrogen-bond acceptors (Lipinski definition) is 3. The lowest BCUT2D eigenvalue weighted by Crippen LogP contribution is -2.65. The maximum absolute atomic E-state index is 12.8. The zero-order valence-corrected chi connectivity index (χ0v) is 14.0. The lowest BCUT2D eigenvalue weighted by Gasteiger charge is -2.50. The Morgan fingerprint density at radius 2 is 2.00 bits per heavy atom. The van der Waals surface area contributed by atoms with Crippen LogP contribution in [0.1, 0.15) is 30.5 Å².